The van der Waals surface area contributed by atoms with Gasteiger partial charge in [0.05, 0.1) is 19.0 Å². The van der Waals surface area contributed by atoms with Crippen molar-refractivity contribution in [1.82, 2.24) is 19.5 Å². The van der Waals surface area contributed by atoms with Gasteiger partial charge in [-0.3, -0.25) is 4.57 Å². The summed E-state index contributed by atoms with van der Waals surface area (Å²) in [5.74, 6) is -0.105. The first-order valence-electron chi connectivity index (χ1n) is 9.69. The number of hydrogen-bond acceptors (Lipinski definition) is 9. The zero-order chi connectivity index (χ0) is 19.5. The predicted molar refractivity (Wildman–Crippen MR) is 97.4 cm³/mol. The van der Waals surface area contributed by atoms with E-state index in [0.717, 1.165) is 12.8 Å². The van der Waals surface area contributed by atoms with E-state index < -0.39 is 18.1 Å². The van der Waals surface area contributed by atoms with Gasteiger partial charge in [-0.05, 0) is 33.1 Å². The van der Waals surface area contributed by atoms with Crippen molar-refractivity contribution in [2.45, 2.75) is 75.6 Å². The molecule has 5 rings (SSSR count). The van der Waals surface area contributed by atoms with Gasteiger partial charge >= 0.3 is 0 Å². The second kappa shape index (κ2) is 6.60. The zero-order valence-corrected chi connectivity index (χ0v) is 15.9. The maximum absolute atomic E-state index is 9.76. The predicted octanol–water partition coefficient (Wildman–Crippen LogP) is 0.561. The van der Waals surface area contributed by atoms with Crippen molar-refractivity contribution in [2.24, 2.45) is 0 Å². The van der Waals surface area contributed by atoms with Crippen molar-refractivity contribution in [3.05, 3.63) is 12.7 Å². The molecule has 0 spiro atoms. The number of imidazole rings is 1. The molecular formula is C18H25N5O5. The number of hydrogen-bond donors (Lipinski definition) is 3. The van der Waals surface area contributed by atoms with Crippen LogP contribution < -0.4 is 5.32 Å². The molecule has 2 saturated heterocycles. The van der Waals surface area contributed by atoms with Gasteiger partial charge in [-0.15, -0.1) is 0 Å². The Hall–Kier alpha value is -1.85. The highest BCUT2D eigenvalue weighted by Gasteiger charge is 2.56. The third kappa shape index (κ3) is 2.96. The van der Waals surface area contributed by atoms with Crippen LogP contribution in [0.2, 0.25) is 0 Å². The van der Waals surface area contributed by atoms with E-state index in [1.54, 1.807) is 6.33 Å². The highest BCUT2D eigenvalue weighted by molar-refractivity contribution is 5.82. The van der Waals surface area contributed by atoms with E-state index in [1.807, 2.05) is 18.4 Å². The van der Waals surface area contributed by atoms with E-state index in [-0.39, 0.29) is 31.0 Å². The van der Waals surface area contributed by atoms with Crippen molar-refractivity contribution in [3.63, 3.8) is 0 Å². The lowest BCUT2D eigenvalue weighted by Gasteiger charge is -2.24. The highest BCUT2D eigenvalue weighted by atomic mass is 16.8. The third-order valence-electron chi connectivity index (χ3n) is 5.68. The Balaban J connectivity index is 1.46. The minimum absolute atomic E-state index is 0.157. The molecule has 3 fully saturated rings. The molecule has 2 aliphatic heterocycles. The Morgan fingerprint density at radius 1 is 1.21 bits per heavy atom. The number of rotatable bonds is 4. The summed E-state index contributed by atoms with van der Waals surface area (Å²) in [6, 6.07) is 0.163. The average molecular weight is 391 g/mol. The lowest BCUT2D eigenvalue weighted by atomic mass is 10.1. The first kappa shape index (κ1) is 18.2. The van der Waals surface area contributed by atoms with Crippen molar-refractivity contribution in [3.8, 4) is 0 Å². The number of ether oxygens (including phenoxy) is 3. The zero-order valence-electron chi connectivity index (χ0n) is 15.9. The summed E-state index contributed by atoms with van der Waals surface area (Å²) < 4.78 is 19.8. The number of aliphatic hydroxyl groups is 2. The van der Waals surface area contributed by atoms with E-state index in [2.05, 4.69) is 20.3 Å². The average Bonchev–Trinajstić information content (AvgIpc) is 3.38. The van der Waals surface area contributed by atoms with E-state index in [9.17, 15) is 10.2 Å². The monoisotopic (exact) mass is 391 g/mol. The van der Waals surface area contributed by atoms with Crippen LogP contribution in [0.1, 0.15) is 39.3 Å². The summed E-state index contributed by atoms with van der Waals surface area (Å²) >= 11 is 0. The Bertz CT molecular complexity index is 873. The normalized spacial score (nSPS) is 36.9. The van der Waals surface area contributed by atoms with Crippen molar-refractivity contribution in [2.75, 3.05) is 11.9 Å². The van der Waals surface area contributed by atoms with Crippen molar-refractivity contribution < 1.29 is 24.4 Å². The molecule has 2 aromatic heterocycles. The molecule has 2 aromatic rings. The summed E-state index contributed by atoms with van der Waals surface area (Å²) in [7, 11) is 0. The molecule has 0 aromatic carbocycles. The largest absolute Gasteiger partial charge is 0.394 e. The smallest absolute Gasteiger partial charge is 0.167 e. The van der Waals surface area contributed by atoms with Gasteiger partial charge < -0.3 is 29.7 Å². The maximum Gasteiger partial charge on any atom is 0.167 e. The van der Waals surface area contributed by atoms with Crippen LogP contribution >= 0.6 is 0 Å². The van der Waals surface area contributed by atoms with Crippen LogP contribution in [0.3, 0.4) is 0 Å². The quantitative estimate of drug-likeness (QED) is 0.686. The number of nitrogens with zero attached hydrogens (tertiary/aromatic N) is 4. The van der Waals surface area contributed by atoms with Crippen molar-refractivity contribution in [1.29, 1.82) is 0 Å². The lowest BCUT2D eigenvalue weighted by molar-refractivity contribution is -0.199. The molecule has 3 N–H and O–H groups in total. The van der Waals surface area contributed by atoms with Gasteiger partial charge in [-0.2, -0.15) is 0 Å². The van der Waals surface area contributed by atoms with Gasteiger partial charge in [0.25, 0.3) is 0 Å². The van der Waals surface area contributed by atoms with Gasteiger partial charge in [-0.25, -0.2) is 15.0 Å². The SMILES string of the molecule is CC1(C)O[C@@H]2[C@@H](CO)OC(n3cnc4c(N[C@@H]5CC[C@@H](O)C5)ncnc43)[C@@H]2O1. The summed E-state index contributed by atoms with van der Waals surface area (Å²) in [5.41, 5.74) is 1.25. The summed E-state index contributed by atoms with van der Waals surface area (Å²) in [6.07, 6.45) is 3.52. The topological polar surface area (TPSA) is 124 Å². The van der Waals surface area contributed by atoms with E-state index in [4.69, 9.17) is 14.2 Å². The Labute approximate surface area is 161 Å². The molecule has 10 heteroatoms. The number of aliphatic hydroxyl groups excluding tert-OH is 2. The fourth-order valence-corrected chi connectivity index (χ4v) is 4.46. The van der Waals surface area contributed by atoms with Gasteiger partial charge in [0.2, 0.25) is 0 Å². The van der Waals surface area contributed by atoms with E-state index in [1.165, 1.54) is 6.33 Å². The Morgan fingerprint density at radius 3 is 2.79 bits per heavy atom. The molecule has 3 aliphatic rings. The highest BCUT2D eigenvalue weighted by Crippen LogP contribution is 2.43. The molecule has 0 radical (unpaired) electrons. The molecule has 1 saturated carbocycles. The fraction of sp³-hybridized carbons (Fsp3) is 0.722. The maximum atomic E-state index is 9.76. The summed E-state index contributed by atoms with van der Waals surface area (Å²) in [6.45, 7) is 3.54. The molecule has 0 amide bonds. The number of nitrogens with one attached hydrogen (secondary N) is 1. The van der Waals surface area contributed by atoms with Crippen LogP contribution in [0.5, 0.6) is 0 Å². The van der Waals surface area contributed by atoms with Crippen LogP contribution in [0, 0.1) is 0 Å². The van der Waals surface area contributed by atoms with Gasteiger partial charge in [-0.1, -0.05) is 0 Å². The molecule has 152 valence electrons. The van der Waals surface area contributed by atoms with Crippen molar-refractivity contribution >= 4 is 17.0 Å². The number of aromatic nitrogens is 4. The molecule has 4 heterocycles. The minimum atomic E-state index is -0.744. The van der Waals surface area contributed by atoms with Gasteiger partial charge in [0.1, 0.15) is 24.6 Å². The first-order chi connectivity index (χ1) is 13.4. The second-order valence-electron chi connectivity index (χ2n) is 8.17. The molecule has 6 atom stereocenters. The van der Waals surface area contributed by atoms with E-state index >= 15 is 0 Å². The number of fused-ring (bicyclic) bond motifs is 2. The van der Waals surface area contributed by atoms with Gasteiger partial charge in [0.15, 0.2) is 29.0 Å². The molecular weight excluding hydrogens is 366 g/mol. The van der Waals surface area contributed by atoms with E-state index in [0.29, 0.717) is 23.4 Å². The summed E-state index contributed by atoms with van der Waals surface area (Å²) in [4.78, 5) is 13.2. The lowest BCUT2D eigenvalue weighted by Crippen LogP contribution is -2.31. The minimum Gasteiger partial charge on any atom is -0.394 e. The van der Waals surface area contributed by atoms with Crippen LogP contribution in [0.4, 0.5) is 5.82 Å². The molecule has 10 nitrogen and oxygen atoms in total. The Kier molecular flexibility index (Phi) is 4.29. The third-order valence-corrected chi connectivity index (χ3v) is 5.68. The number of anilines is 1. The fourth-order valence-electron chi connectivity index (χ4n) is 4.46. The Morgan fingerprint density at radius 2 is 2.04 bits per heavy atom. The molecule has 1 aliphatic carbocycles. The standard InChI is InChI=1S/C18H25N5O5/c1-18(2)27-13-11(6-24)26-17(14(13)28-18)23-8-21-12-15(19-7-20-16(12)23)22-9-3-4-10(25)5-9/h7-11,13-14,17,24-25H,3-6H2,1-2H3,(H,19,20,22)/t9-,10-,11-,13-,14-,17?/m1/s1. The molecule has 0 bridgehead atoms. The van der Waals surface area contributed by atoms with Crippen LogP contribution in [0.25, 0.3) is 11.2 Å². The molecule has 28 heavy (non-hydrogen) atoms. The van der Waals surface area contributed by atoms with Crippen LogP contribution in [0.15, 0.2) is 12.7 Å². The first-order valence-corrected chi connectivity index (χ1v) is 9.69. The van der Waals surface area contributed by atoms with Crippen LogP contribution in [-0.2, 0) is 14.2 Å². The second-order valence-corrected chi connectivity index (χ2v) is 8.17. The van der Waals surface area contributed by atoms with Gasteiger partial charge in [0, 0.05) is 6.04 Å². The van der Waals surface area contributed by atoms with Crippen LogP contribution in [-0.4, -0.2) is 72.6 Å². The molecule has 1 unspecified atom stereocenters. The summed E-state index contributed by atoms with van der Waals surface area (Å²) in [5, 5.41) is 22.8.